The molecule has 1 aliphatic rings. The Bertz CT molecular complexity index is 834. The highest BCUT2D eigenvalue weighted by atomic mass is 16.6. The van der Waals surface area contributed by atoms with Gasteiger partial charge in [-0.2, -0.15) is 0 Å². The van der Waals surface area contributed by atoms with Gasteiger partial charge in [-0.05, 0) is 37.3 Å². The minimum Gasteiger partial charge on any atom is -0.494 e. The Morgan fingerprint density at radius 2 is 2.04 bits per heavy atom. The molecule has 0 saturated carbocycles. The summed E-state index contributed by atoms with van der Waals surface area (Å²) >= 11 is 0. The maximum atomic E-state index is 12.5. The van der Waals surface area contributed by atoms with Crippen molar-refractivity contribution in [1.82, 2.24) is 0 Å². The fraction of sp³-hybridized carbons (Fsp3) is 0.316. The molecule has 1 heterocycles. The van der Waals surface area contributed by atoms with Crippen LogP contribution in [0.15, 0.2) is 42.5 Å². The Balaban J connectivity index is 1.80. The minimum atomic E-state index is -0.434. The third-order valence-corrected chi connectivity index (χ3v) is 4.19. The van der Waals surface area contributed by atoms with Crippen molar-refractivity contribution in [3.8, 4) is 5.75 Å². The van der Waals surface area contributed by atoms with Crippen LogP contribution in [-0.2, 0) is 4.74 Å². The smallest absolute Gasteiger partial charge is 0.294 e. The number of morpholine rings is 1. The van der Waals surface area contributed by atoms with Crippen LogP contribution in [0, 0.1) is 10.1 Å². The number of hydrogen-bond acceptors (Lipinski definition) is 6. The second kappa shape index (κ2) is 8.50. The number of hydrogen-bond donors (Lipinski definition) is 1. The molecular formula is C19H21N3O5. The molecule has 0 aliphatic carbocycles. The molecule has 142 valence electrons. The van der Waals surface area contributed by atoms with E-state index in [2.05, 4.69) is 5.32 Å². The number of nitrogens with one attached hydrogen (secondary N) is 1. The van der Waals surface area contributed by atoms with E-state index >= 15 is 0 Å². The monoisotopic (exact) mass is 371 g/mol. The molecule has 0 aromatic heterocycles. The molecule has 0 bridgehead atoms. The number of nitro benzene ring substituents is 1. The lowest BCUT2D eigenvalue weighted by molar-refractivity contribution is -0.384. The topological polar surface area (TPSA) is 93.9 Å². The molecule has 0 radical (unpaired) electrons. The number of ether oxygens (including phenoxy) is 2. The van der Waals surface area contributed by atoms with E-state index < -0.39 is 4.92 Å². The van der Waals surface area contributed by atoms with Crippen molar-refractivity contribution in [3.63, 3.8) is 0 Å². The van der Waals surface area contributed by atoms with E-state index in [1.165, 1.54) is 6.07 Å². The number of rotatable bonds is 6. The van der Waals surface area contributed by atoms with Crippen molar-refractivity contribution in [2.75, 3.05) is 43.1 Å². The van der Waals surface area contributed by atoms with Crippen LogP contribution >= 0.6 is 0 Å². The van der Waals surface area contributed by atoms with E-state index in [0.717, 1.165) is 0 Å². The molecule has 2 aromatic rings. The maximum absolute atomic E-state index is 12.5. The van der Waals surface area contributed by atoms with Crippen LogP contribution < -0.4 is 15.0 Å². The zero-order valence-electron chi connectivity index (χ0n) is 15.0. The predicted molar refractivity (Wildman–Crippen MR) is 102 cm³/mol. The Hall–Kier alpha value is -3.13. The highest BCUT2D eigenvalue weighted by Crippen LogP contribution is 2.32. The van der Waals surface area contributed by atoms with Gasteiger partial charge in [0.25, 0.3) is 11.6 Å². The van der Waals surface area contributed by atoms with Crippen molar-refractivity contribution in [2.45, 2.75) is 6.92 Å². The van der Waals surface area contributed by atoms with E-state index in [4.69, 9.17) is 9.47 Å². The van der Waals surface area contributed by atoms with Gasteiger partial charge < -0.3 is 19.7 Å². The van der Waals surface area contributed by atoms with Crippen LogP contribution in [0.4, 0.5) is 17.1 Å². The van der Waals surface area contributed by atoms with Gasteiger partial charge in [0.15, 0.2) is 0 Å². The van der Waals surface area contributed by atoms with Crippen LogP contribution in [-0.4, -0.2) is 43.7 Å². The third kappa shape index (κ3) is 4.53. The van der Waals surface area contributed by atoms with Gasteiger partial charge in [-0.25, -0.2) is 0 Å². The van der Waals surface area contributed by atoms with E-state index in [0.29, 0.717) is 55.6 Å². The highest BCUT2D eigenvalue weighted by molar-refractivity contribution is 6.04. The molecular weight excluding hydrogens is 350 g/mol. The summed E-state index contributed by atoms with van der Waals surface area (Å²) in [6.07, 6.45) is 0. The summed E-state index contributed by atoms with van der Waals surface area (Å²) in [5, 5.41) is 14.2. The van der Waals surface area contributed by atoms with Gasteiger partial charge in [-0.3, -0.25) is 14.9 Å². The lowest BCUT2D eigenvalue weighted by Crippen LogP contribution is -2.36. The van der Waals surface area contributed by atoms with E-state index in [1.54, 1.807) is 36.4 Å². The molecule has 1 aliphatic heterocycles. The third-order valence-electron chi connectivity index (χ3n) is 4.19. The van der Waals surface area contributed by atoms with Gasteiger partial charge in [-0.15, -0.1) is 0 Å². The van der Waals surface area contributed by atoms with E-state index in [9.17, 15) is 14.9 Å². The molecule has 27 heavy (non-hydrogen) atoms. The van der Waals surface area contributed by atoms with E-state index in [1.807, 2.05) is 11.8 Å². The number of carbonyl (C=O) groups is 1. The van der Waals surface area contributed by atoms with Crippen molar-refractivity contribution < 1.29 is 19.2 Å². The number of nitro groups is 1. The summed E-state index contributed by atoms with van der Waals surface area (Å²) in [5.41, 5.74) is 1.27. The van der Waals surface area contributed by atoms with E-state index in [-0.39, 0.29) is 11.6 Å². The van der Waals surface area contributed by atoms with Gasteiger partial charge in [0.2, 0.25) is 0 Å². The van der Waals surface area contributed by atoms with Crippen molar-refractivity contribution in [1.29, 1.82) is 0 Å². The maximum Gasteiger partial charge on any atom is 0.294 e. The molecule has 1 fully saturated rings. The number of carbonyl (C=O) groups excluding carboxylic acids is 1. The lowest BCUT2D eigenvalue weighted by atomic mass is 10.1. The van der Waals surface area contributed by atoms with Gasteiger partial charge >= 0.3 is 0 Å². The van der Waals surface area contributed by atoms with Gasteiger partial charge in [-0.1, -0.05) is 6.07 Å². The highest BCUT2D eigenvalue weighted by Gasteiger charge is 2.22. The molecule has 0 unspecified atom stereocenters. The van der Waals surface area contributed by atoms with Gasteiger partial charge in [0.1, 0.15) is 11.4 Å². The first-order chi connectivity index (χ1) is 13.1. The number of amides is 1. The number of anilines is 2. The summed E-state index contributed by atoms with van der Waals surface area (Å²) in [6.45, 7) is 4.62. The van der Waals surface area contributed by atoms with Crippen LogP contribution in [0.1, 0.15) is 17.3 Å². The first-order valence-corrected chi connectivity index (χ1v) is 8.74. The normalized spacial score (nSPS) is 13.9. The molecule has 0 atom stereocenters. The quantitative estimate of drug-likeness (QED) is 0.619. The summed E-state index contributed by atoms with van der Waals surface area (Å²) < 4.78 is 10.7. The molecule has 3 rings (SSSR count). The Morgan fingerprint density at radius 1 is 1.26 bits per heavy atom. The van der Waals surface area contributed by atoms with Crippen LogP contribution in [0.25, 0.3) is 0 Å². The fourth-order valence-corrected chi connectivity index (χ4v) is 2.92. The lowest BCUT2D eigenvalue weighted by Gasteiger charge is -2.28. The van der Waals surface area contributed by atoms with Crippen LogP contribution in [0.5, 0.6) is 5.75 Å². The van der Waals surface area contributed by atoms with Crippen molar-refractivity contribution in [2.24, 2.45) is 0 Å². The molecule has 0 spiro atoms. The molecule has 1 amide bonds. The molecule has 8 nitrogen and oxygen atoms in total. The average molecular weight is 371 g/mol. The van der Waals surface area contributed by atoms with Gasteiger partial charge in [0.05, 0.1) is 24.7 Å². The second-order valence-corrected chi connectivity index (χ2v) is 5.97. The van der Waals surface area contributed by atoms with Crippen LogP contribution in [0.2, 0.25) is 0 Å². The Labute approximate surface area is 156 Å². The fourth-order valence-electron chi connectivity index (χ4n) is 2.92. The molecule has 8 heteroatoms. The van der Waals surface area contributed by atoms with Gasteiger partial charge in [0, 0.05) is 30.4 Å². The standard InChI is InChI=1S/C19H21N3O5/c1-2-27-16-5-3-4-14(12-16)19(23)20-15-6-7-17(18(13-15)22(24)25)21-8-10-26-11-9-21/h3-7,12-13H,2,8-11H2,1H3,(H,20,23). The molecule has 1 N–H and O–H groups in total. The van der Waals surface area contributed by atoms with Crippen molar-refractivity contribution >= 4 is 23.0 Å². The Kier molecular flexibility index (Phi) is 5.87. The average Bonchev–Trinajstić information content (AvgIpc) is 2.69. The Morgan fingerprint density at radius 3 is 2.74 bits per heavy atom. The minimum absolute atomic E-state index is 0.0437. The number of nitrogens with zero attached hydrogens (tertiary/aromatic N) is 2. The molecule has 2 aromatic carbocycles. The summed E-state index contributed by atoms with van der Waals surface area (Å²) in [7, 11) is 0. The van der Waals surface area contributed by atoms with Crippen molar-refractivity contribution in [3.05, 3.63) is 58.1 Å². The first kappa shape index (κ1) is 18.7. The largest absolute Gasteiger partial charge is 0.494 e. The second-order valence-electron chi connectivity index (χ2n) is 5.97. The number of benzene rings is 2. The zero-order chi connectivity index (χ0) is 19.2. The summed E-state index contributed by atoms with van der Waals surface area (Å²) in [5.74, 6) is 0.240. The summed E-state index contributed by atoms with van der Waals surface area (Å²) in [4.78, 5) is 25.5. The van der Waals surface area contributed by atoms with Crippen LogP contribution in [0.3, 0.4) is 0 Å². The zero-order valence-corrected chi connectivity index (χ0v) is 15.0. The predicted octanol–water partition coefficient (Wildman–Crippen LogP) is 3.08. The SMILES string of the molecule is CCOc1cccc(C(=O)Nc2ccc(N3CCOCC3)c([N+](=O)[O-])c2)c1. The first-order valence-electron chi connectivity index (χ1n) is 8.74. The summed E-state index contributed by atoms with van der Waals surface area (Å²) in [6, 6.07) is 11.5. The molecule has 1 saturated heterocycles.